The molecule has 9 aromatic rings. The summed E-state index contributed by atoms with van der Waals surface area (Å²) < 4.78 is 57.3. The molecule has 12 heterocycles. The highest BCUT2D eigenvalue weighted by molar-refractivity contribution is 6.02. The molecule has 582 valence electrons. The van der Waals surface area contributed by atoms with Crippen LogP contribution in [0.5, 0.6) is 0 Å². The minimum absolute atomic E-state index is 0.00642. The van der Waals surface area contributed by atoms with Gasteiger partial charge >= 0.3 is 11.9 Å². The number of likely N-dealkylation sites (tertiary alicyclic amines) is 3. The SMILES string of the molecule is COC1CCN(C2CCN(c3cc(C(=O)O)nc4c3c(C3CCC3)nn4-c3ccc(F)cc3)CC2)CC1.COC1CCN(C2CCN(c3cc(C(C)=O)nc4c3c(C3CCC3)nn4-c3ccc(F)cc3)CC2)CC1.O=C(O)c1cc(N2CCC(N3CCC(O)CC3)CC2)c2c(C3CCC3)nn(-c3ccc(F)cc3)c2n1. The highest BCUT2D eigenvalue weighted by atomic mass is 19.1. The average molecular weight is 1510 g/mol. The fraction of sp³-hybridized carbons (Fsp3) is 0.536. The molecule has 6 saturated heterocycles. The molecule has 0 spiro atoms. The third-order valence-electron chi connectivity index (χ3n) is 25.5. The number of carboxylic acids is 2. The Morgan fingerprint density at radius 1 is 0.382 bits per heavy atom. The number of aliphatic hydroxyl groups is 1. The lowest BCUT2D eigenvalue weighted by Gasteiger charge is -2.42. The number of carbonyl (C=O) groups excluding carboxylic acids is 1. The maximum absolute atomic E-state index is 13.7. The number of carboxylic acid groups (broad SMARTS) is 2. The highest BCUT2D eigenvalue weighted by Crippen LogP contribution is 2.47. The van der Waals surface area contributed by atoms with Crippen molar-refractivity contribution in [1.29, 1.82) is 0 Å². The molecule has 0 unspecified atom stereocenters. The van der Waals surface area contributed by atoms with Crippen molar-refractivity contribution in [3.05, 3.63) is 143 Å². The number of carbonyl (C=O) groups is 3. The largest absolute Gasteiger partial charge is 0.477 e. The summed E-state index contributed by atoms with van der Waals surface area (Å²) in [5, 5.41) is 47.5. The van der Waals surface area contributed by atoms with Crippen molar-refractivity contribution in [2.24, 2.45) is 0 Å². The number of benzene rings is 3. The zero-order chi connectivity index (χ0) is 75.8. The quantitative estimate of drug-likeness (QED) is 0.0718. The molecule has 3 aromatic carbocycles. The summed E-state index contributed by atoms with van der Waals surface area (Å²) in [6.07, 6.45) is 22.9. The van der Waals surface area contributed by atoms with Gasteiger partial charge in [0.2, 0.25) is 0 Å². The number of fused-ring (bicyclic) bond motifs is 3. The van der Waals surface area contributed by atoms with Crippen LogP contribution in [0.3, 0.4) is 0 Å². The molecule has 23 nitrogen and oxygen atoms in total. The molecule has 6 aliphatic heterocycles. The summed E-state index contributed by atoms with van der Waals surface area (Å²) in [7, 11) is 3.62. The smallest absolute Gasteiger partial charge is 0.354 e. The van der Waals surface area contributed by atoms with Crippen molar-refractivity contribution < 1.29 is 52.3 Å². The third kappa shape index (κ3) is 15.6. The van der Waals surface area contributed by atoms with Crippen LogP contribution in [0.25, 0.3) is 50.2 Å². The number of ether oxygens (including phenoxy) is 2. The molecule has 26 heteroatoms. The van der Waals surface area contributed by atoms with Crippen LogP contribution in [0.1, 0.15) is 208 Å². The van der Waals surface area contributed by atoms with Gasteiger partial charge < -0.3 is 54.2 Å². The van der Waals surface area contributed by atoms with Crippen LogP contribution in [-0.2, 0) is 9.47 Å². The van der Waals surface area contributed by atoms with E-state index in [1.54, 1.807) is 71.9 Å². The van der Waals surface area contributed by atoms with Crippen LogP contribution < -0.4 is 14.7 Å². The Labute approximate surface area is 639 Å². The summed E-state index contributed by atoms with van der Waals surface area (Å²) in [6, 6.07) is 25.6. The molecule has 0 amide bonds. The van der Waals surface area contributed by atoms with E-state index in [4.69, 9.17) is 29.8 Å². The van der Waals surface area contributed by atoms with E-state index in [2.05, 4.69) is 39.4 Å². The van der Waals surface area contributed by atoms with E-state index in [0.717, 1.165) is 263 Å². The number of rotatable bonds is 17. The van der Waals surface area contributed by atoms with E-state index in [1.807, 2.05) is 17.9 Å². The van der Waals surface area contributed by atoms with E-state index in [-0.39, 0.29) is 40.7 Å². The molecular weight excluding hydrogens is 1400 g/mol. The van der Waals surface area contributed by atoms with Crippen molar-refractivity contribution in [1.82, 2.24) is 59.0 Å². The van der Waals surface area contributed by atoms with Gasteiger partial charge in [-0.05, 0) is 207 Å². The lowest BCUT2D eigenvalue weighted by atomic mass is 9.82. The lowest BCUT2D eigenvalue weighted by molar-refractivity contribution is 0.0232. The Bertz CT molecular complexity index is 4550. The fourth-order valence-electron chi connectivity index (χ4n) is 18.3. The van der Waals surface area contributed by atoms with Crippen molar-refractivity contribution in [2.45, 2.75) is 196 Å². The molecule has 0 bridgehead atoms. The van der Waals surface area contributed by atoms with Gasteiger partial charge in [-0.3, -0.25) is 4.79 Å². The van der Waals surface area contributed by atoms with E-state index < -0.39 is 11.9 Å². The Morgan fingerprint density at radius 3 is 0.909 bits per heavy atom. The molecule has 110 heavy (non-hydrogen) atoms. The van der Waals surface area contributed by atoms with Gasteiger partial charge in [0.25, 0.3) is 0 Å². The third-order valence-corrected chi connectivity index (χ3v) is 25.5. The number of aliphatic hydroxyl groups excluding tert-OH is 1. The molecule has 9 fully saturated rings. The molecule has 0 atom stereocenters. The number of halogens is 3. The Kier molecular flexibility index (Phi) is 22.4. The second-order valence-corrected chi connectivity index (χ2v) is 31.9. The van der Waals surface area contributed by atoms with E-state index >= 15 is 0 Å². The van der Waals surface area contributed by atoms with Crippen molar-refractivity contribution in [3.8, 4) is 17.1 Å². The zero-order valence-corrected chi connectivity index (χ0v) is 63.4. The van der Waals surface area contributed by atoms with Gasteiger partial charge in [-0.2, -0.15) is 15.3 Å². The Hall–Kier alpha value is -8.92. The number of aromatic nitrogens is 9. The monoisotopic (exact) mass is 1510 g/mol. The van der Waals surface area contributed by atoms with Crippen LogP contribution in [0.15, 0.2) is 91.0 Å². The predicted octanol–water partition coefficient (Wildman–Crippen LogP) is 13.7. The number of piperidine rings is 6. The zero-order valence-electron chi connectivity index (χ0n) is 63.4. The summed E-state index contributed by atoms with van der Waals surface area (Å²) in [4.78, 5) is 65.4. The molecule has 18 rings (SSSR count). The van der Waals surface area contributed by atoms with E-state index in [0.29, 0.717) is 82.1 Å². The van der Waals surface area contributed by atoms with E-state index in [1.165, 1.54) is 42.8 Å². The summed E-state index contributed by atoms with van der Waals surface area (Å²) in [5.41, 5.74) is 10.2. The van der Waals surface area contributed by atoms with Gasteiger partial charge in [0.15, 0.2) is 34.1 Å². The number of anilines is 3. The first-order valence-corrected chi connectivity index (χ1v) is 40.3. The minimum atomic E-state index is -1.07. The van der Waals surface area contributed by atoms with Crippen molar-refractivity contribution in [3.63, 3.8) is 0 Å². The predicted molar refractivity (Wildman–Crippen MR) is 416 cm³/mol. The van der Waals surface area contributed by atoms with Crippen molar-refractivity contribution in [2.75, 3.05) is 107 Å². The molecule has 3 aliphatic carbocycles. The summed E-state index contributed by atoms with van der Waals surface area (Å²) >= 11 is 0. The molecule has 6 aromatic heterocycles. The molecule has 3 saturated carbocycles. The average Bonchev–Trinajstić information content (AvgIpc) is 1.59. The van der Waals surface area contributed by atoms with Gasteiger partial charge in [0.05, 0.1) is 85.7 Å². The number of hydrogen-bond donors (Lipinski definition) is 3. The molecular formula is C84H102F3N15O8. The van der Waals surface area contributed by atoms with Gasteiger partial charge in [-0.1, -0.05) is 19.3 Å². The molecule has 0 radical (unpaired) electrons. The number of nitrogens with zero attached hydrogens (tertiary/aromatic N) is 15. The standard InChI is InChI=1S/C29H36FN5O2.C28H34FN5O3.C27H32FN5O3/c1-19(36)25-18-26(34-14-10-22(11-15-34)33-16-12-24(37-2)13-17-33)27-28(20-4-3-5-20)32-35(29(27)31-25)23-8-6-21(30)7-9-23;1-37-22-11-15-32(16-12-22)20-9-13-33(14-10-20)24-17-23(28(35)36)30-27-25(24)26(18-3-2-4-18)31-34(27)21-7-5-19(29)6-8-21;28-18-4-6-20(7-5-18)33-26-24(25(30-33)17-2-1-3-17)23(16-22(29-26)27(35)36)32-12-8-19(9-13-32)31-14-10-21(34)11-15-31/h6-9,18,20,22,24H,3-5,10-17H2,1-2H3;5-8,17-18,20,22H,2-4,9-16H2,1H3,(H,35,36);4-7,16-17,19,21,34H,1-3,8-15H2,(H,35,36). The lowest BCUT2D eigenvalue weighted by Crippen LogP contribution is -2.48. The van der Waals surface area contributed by atoms with Gasteiger partial charge in [-0.25, -0.2) is 51.8 Å². The van der Waals surface area contributed by atoms with Crippen molar-refractivity contribution >= 4 is 67.9 Å². The summed E-state index contributed by atoms with van der Waals surface area (Å²) in [6.45, 7) is 13.0. The Balaban J connectivity index is 0.000000125. The molecule has 9 aliphatic rings. The first-order valence-electron chi connectivity index (χ1n) is 40.3. The number of aromatic carboxylic acids is 2. The number of methoxy groups -OCH3 is 2. The molecule has 3 N–H and O–H groups in total. The number of ketones is 1. The number of pyridine rings is 3. The maximum Gasteiger partial charge on any atom is 0.354 e. The number of hydrogen-bond acceptors (Lipinski definition) is 18. The first kappa shape index (κ1) is 75.1. The number of Topliss-reactive ketones (excluding diaryl/α,β-unsaturated/α-hetero) is 1. The topological polar surface area (TPSA) is 242 Å². The van der Waals surface area contributed by atoms with Crippen LogP contribution in [0.4, 0.5) is 30.2 Å². The van der Waals surface area contributed by atoms with Crippen LogP contribution in [-0.4, -0.2) is 221 Å². The Morgan fingerprint density at radius 2 is 0.655 bits per heavy atom. The van der Waals surface area contributed by atoms with E-state index in [9.17, 15) is 42.9 Å². The van der Waals surface area contributed by atoms with Gasteiger partial charge in [0.1, 0.15) is 23.1 Å². The summed E-state index contributed by atoms with van der Waals surface area (Å²) in [5.74, 6) is -2.08. The second kappa shape index (κ2) is 32.8. The van der Waals surface area contributed by atoms with Crippen LogP contribution in [0, 0.1) is 17.5 Å². The van der Waals surface area contributed by atoms with Crippen LogP contribution >= 0.6 is 0 Å². The first-order chi connectivity index (χ1) is 53.5. The van der Waals surface area contributed by atoms with Crippen LogP contribution in [0.2, 0.25) is 0 Å². The second-order valence-electron chi connectivity index (χ2n) is 31.9. The maximum atomic E-state index is 13.7. The van der Waals surface area contributed by atoms with Gasteiger partial charge in [0, 0.05) is 136 Å². The highest BCUT2D eigenvalue weighted by Gasteiger charge is 2.38. The van der Waals surface area contributed by atoms with Gasteiger partial charge in [-0.15, -0.1) is 0 Å². The minimum Gasteiger partial charge on any atom is -0.477 e. The fourth-order valence-corrected chi connectivity index (χ4v) is 18.3. The normalized spacial score (nSPS) is 20.5.